The van der Waals surface area contributed by atoms with Crippen LogP contribution in [0.3, 0.4) is 0 Å². The number of fused-ring (bicyclic) bond motifs is 1. The summed E-state index contributed by atoms with van der Waals surface area (Å²) in [5, 5.41) is 27.6. The van der Waals surface area contributed by atoms with Crippen LogP contribution in [0.15, 0.2) is 30.3 Å². The van der Waals surface area contributed by atoms with Gasteiger partial charge in [0.25, 0.3) is 5.91 Å². The number of carbonyl (C=O) groups is 2. The van der Waals surface area contributed by atoms with Gasteiger partial charge in [-0.1, -0.05) is 6.07 Å². The zero-order valence-corrected chi connectivity index (χ0v) is 24.4. The number of rotatable bonds is 7. The summed E-state index contributed by atoms with van der Waals surface area (Å²) in [5.41, 5.74) is 1.52. The summed E-state index contributed by atoms with van der Waals surface area (Å²) in [7, 11) is 0. The van der Waals surface area contributed by atoms with Crippen molar-refractivity contribution < 1.29 is 24.5 Å². The van der Waals surface area contributed by atoms with Crippen molar-refractivity contribution in [3.05, 3.63) is 47.0 Å². The van der Waals surface area contributed by atoms with Crippen LogP contribution in [0.5, 0.6) is 5.75 Å². The van der Waals surface area contributed by atoms with E-state index in [1.165, 1.54) is 17.7 Å². The highest BCUT2D eigenvalue weighted by molar-refractivity contribution is 5.95. The lowest BCUT2D eigenvalue weighted by Gasteiger charge is -2.40. The minimum absolute atomic E-state index is 0.0387. The number of pyridine rings is 1. The standard InChI is InChI=1S/C31H43N5O5/c1-31(2,3)41-30(40)36-19-22-14-24(37)11-10-20(22)15-25(36)26(38)18-32-29(39)21-16-27(33-23-8-7-9-23)34-28(17-21)35-12-5-4-6-13-35/h10-11,14,16-17,23,25-26,37-38H,4-9,12-13,15,18-19H2,1-3H3,(H,32,39)(H,33,34)/t25?,26-/m1/s1. The second kappa shape index (κ2) is 12.1. The first-order valence-corrected chi connectivity index (χ1v) is 14.9. The van der Waals surface area contributed by atoms with Crippen LogP contribution in [-0.2, 0) is 17.7 Å². The smallest absolute Gasteiger partial charge is 0.410 e. The summed E-state index contributed by atoms with van der Waals surface area (Å²) in [6.07, 6.45) is 5.59. The van der Waals surface area contributed by atoms with E-state index in [9.17, 15) is 19.8 Å². The zero-order valence-electron chi connectivity index (χ0n) is 24.4. The van der Waals surface area contributed by atoms with Gasteiger partial charge < -0.3 is 30.5 Å². The maximum Gasteiger partial charge on any atom is 0.410 e. The third-order valence-electron chi connectivity index (χ3n) is 8.12. The van der Waals surface area contributed by atoms with Crippen LogP contribution in [-0.4, -0.2) is 75.5 Å². The van der Waals surface area contributed by atoms with E-state index in [0.717, 1.165) is 55.7 Å². The summed E-state index contributed by atoms with van der Waals surface area (Å²) in [6, 6.07) is 8.43. The van der Waals surface area contributed by atoms with Crippen LogP contribution in [0, 0.1) is 0 Å². The van der Waals surface area contributed by atoms with Gasteiger partial charge in [0.1, 0.15) is 23.0 Å². The molecular weight excluding hydrogens is 522 g/mol. The van der Waals surface area contributed by atoms with E-state index < -0.39 is 23.8 Å². The fourth-order valence-corrected chi connectivity index (χ4v) is 5.66. The number of benzene rings is 1. The Hall–Kier alpha value is -3.53. The van der Waals surface area contributed by atoms with Gasteiger partial charge in [0.15, 0.2) is 0 Å². The maximum absolute atomic E-state index is 13.4. The summed E-state index contributed by atoms with van der Waals surface area (Å²) in [6.45, 7) is 7.36. The molecule has 1 saturated heterocycles. The van der Waals surface area contributed by atoms with Gasteiger partial charge in [-0.2, -0.15) is 0 Å². The molecule has 2 fully saturated rings. The number of amides is 2. The number of aliphatic hydroxyl groups is 1. The average Bonchev–Trinajstić information content (AvgIpc) is 2.92. The largest absolute Gasteiger partial charge is 0.508 e. The highest BCUT2D eigenvalue weighted by Crippen LogP contribution is 2.30. The molecule has 4 N–H and O–H groups in total. The number of nitrogens with zero attached hydrogens (tertiary/aromatic N) is 3. The normalized spacial score (nSPS) is 20.0. The van der Waals surface area contributed by atoms with Crippen LogP contribution in [0.4, 0.5) is 16.4 Å². The summed E-state index contributed by atoms with van der Waals surface area (Å²) < 4.78 is 5.63. The highest BCUT2D eigenvalue weighted by atomic mass is 16.6. The van der Waals surface area contributed by atoms with E-state index in [4.69, 9.17) is 9.72 Å². The average molecular weight is 566 g/mol. The van der Waals surface area contributed by atoms with E-state index >= 15 is 0 Å². The Morgan fingerprint density at radius 2 is 1.83 bits per heavy atom. The molecule has 10 nitrogen and oxygen atoms in total. The fourth-order valence-electron chi connectivity index (χ4n) is 5.66. The molecule has 10 heteroatoms. The molecule has 2 atom stereocenters. The lowest BCUT2D eigenvalue weighted by molar-refractivity contribution is -0.0113. The number of aromatic nitrogens is 1. The highest BCUT2D eigenvalue weighted by Gasteiger charge is 2.37. The molecule has 1 unspecified atom stereocenters. The molecule has 2 aliphatic heterocycles. The van der Waals surface area contributed by atoms with E-state index in [2.05, 4.69) is 15.5 Å². The number of phenolic OH excluding ortho intramolecular Hbond substituents is 1. The third kappa shape index (κ3) is 7.22. The van der Waals surface area contributed by atoms with Crippen LogP contribution in [0.1, 0.15) is 80.8 Å². The molecule has 1 saturated carbocycles. The van der Waals surface area contributed by atoms with E-state index in [1.807, 2.05) is 12.1 Å². The first-order chi connectivity index (χ1) is 19.6. The second-order valence-electron chi connectivity index (χ2n) is 12.5. The van der Waals surface area contributed by atoms with Gasteiger partial charge in [0.05, 0.1) is 12.1 Å². The van der Waals surface area contributed by atoms with Crippen molar-refractivity contribution in [2.75, 3.05) is 29.9 Å². The van der Waals surface area contributed by atoms with E-state index in [0.29, 0.717) is 23.8 Å². The van der Waals surface area contributed by atoms with Crippen LogP contribution in [0.2, 0.25) is 0 Å². The third-order valence-corrected chi connectivity index (χ3v) is 8.12. The van der Waals surface area contributed by atoms with E-state index in [-0.39, 0.29) is 24.7 Å². The predicted molar refractivity (Wildman–Crippen MR) is 157 cm³/mol. The first-order valence-electron chi connectivity index (χ1n) is 14.9. The Morgan fingerprint density at radius 3 is 2.51 bits per heavy atom. The molecule has 5 rings (SSSR count). The maximum atomic E-state index is 13.4. The molecule has 0 spiro atoms. The fraction of sp³-hybridized carbons (Fsp3) is 0.581. The number of anilines is 2. The minimum atomic E-state index is -1.04. The molecule has 2 amide bonds. The van der Waals surface area contributed by atoms with Crippen LogP contribution in [0.25, 0.3) is 0 Å². The SMILES string of the molecule is CC(C)(C)OC(=O)N1Cc2cc(O)ccc2CC1[C@H](O)CNC(=O)c1cc(NC2CCC2)nc(N2CCCCC2)c1. The van der Waals surface area contributed by atoms with Crippen molar-refractivity contribution in [2.24, 2.45) is 0 Å². The lowest BCUT2D eigenvalue weighted by atomic mass is 9.91. The number of carbonyl (C=O) groups excluding carboxylic acids is 2. The van der Waals surface area contributed by atoms with Crippen LogP contribution >= 0.6 is 0 Å². The number of aromatic hydroxyl groups is 1. The zero-order chi connectivity index (χ0) is 29.1. The molecule has 0 radical (unpaired) electrons. The van der Waals surface area contributed by atoms with Crippen molar-refractivity contribution in [2.45, 2.75) is 96.1 Å². The van der Waals surface area contributed by atoms with Crippen molar-refractivity contribution in [3.8, 4) is 5.75 Å². The van der Waals surface area contributed by atoms with Gasteiger partial charge in [-0.25, -0.2) is 9.78 Å². The Bertz CT molecular complexity index is 1250. The second-order valence-corrected chi connectivity index (χ2v) is 12.5. The van der Waals surface area contributed by atoms with Crippen LogP contribution < -0.4 is 15.5 Å². The number of aliphatic hydroxyl groups excluding tert-OH is 1. The van der Waals surface area contributed by atoms with Crippen molar-refractivity contribution in [3.63, 3.8) is 0 Å². The van der Waals surface area contributed by atoms with Gasteiger partial charge in [0.2, 0.25) is 0 Å². The predicted octanol–water partition coefficient (Wildman–Crippen LogP) is 4.19. The van der Waals surface area contributed by atoms with Gasteiger partial charge in [-0.3, -0.25) is 9.69 Å². The Balaban J connectivity index is 1.31. The number of piperidine rings is 1. The number of hydrogen-bond donors (Lipinski definition) is 4. The molecular formula is C31H43N5O5. The van der Waals surface area contributed by atoms with E-state index in [1.54, 1.807) is 39.0 Å². The summed E-state index contributed by atoms with van der Waals surface area (Å²) in [4.78, 5) is 35.1. The number of hydrogen-bond acceptors (Lipinski definition) is 8. The van der Waals surface area contributed by atoms with Gasteiger partial charge >= 0.3 is 6.09 Å². The number of nitrogens with one attached hydrogen (secondary N) is 2. The Morgan fingerprint density at radius 1 is 1.07 bits per heavy atom. The summed E-state index contributed by atoms with van der Waals surface area (Å²) in [5.74, 6) is 1.31. The summed E-state index contributed by atoms with van der Waals surface area (Å²) >= 11 is 0. The Kier molecular flexibility index (Phi) is 8.58. The molecule has 0 bridgehead atoms. The molecule has 3 aliphatic rings. The first kappa shape index (κ1) is 29.0. The molecule has 2 aromatic rings. The molecule has 3 heterocycles. The molecule has 1 aromatic heterocycles. The van der Waals surface area contributed by atoms with Crippen molar-refractivity contribution in [1.29, 1.82) is 0 Å². The van der Waals surface area contributed by atoms with Crippen molar-refractivity contribution >= 4 is 23.6 Å². The lowest BCUT2D eigenvalue weighted by Crippen LogP contribution is -2.54. The minimum Gasteiger partial charge on any atom is -0.508 e. The quantitative estimate of drug-likeness (QED) is 0.394. The topological polar surface area (TPSA) is 127 Å². The molecule has 222 valence electrons. The Labute approximate surface area is 242 Å². The van der Waals surface area contributed by atoms with Gasteiger partial charge in [-0.15, -0.1) is 0 Å². The molecule has 1 aliphatic carbocycles. The number of ether oxygens (including phenoxy) is 1. The molecule has 1 aromatic carbocycles. The van der Waals surface area contributed by atoms with Gasteiger partial charge in [-0.05, 0) is 101 Å². The van der Waals surface area contributed by atoms with Gasteiger partial charge in [0, 0.05) is 37.8 Å². The monoisotopic (exact) mass is 565 g/mol. The molecule has 41 heavy (non-hydrogen) atoms. The number of phenols is 1. The van der Waals surface area contributed by atoms with Crippen molar-refractivity contribution in [1.82, 2.24) is 15.2 Å².